The molecule has 1 saturated heterocycles. The van der Waals surface area contributed by atoms with Gasteiger partial charge in [-0.2, -0.15) is 0 Å². The number of rotatable bonds is 5. The Hall–Kier alpha value is -1.07. The van der Waals surface area contributed by atoms with Crippen molar-refractivity contribution in [1.29, 1.82) is 0 Å². The predicted molar refractivity (Wildman–Crippen MR) is 89.6 cm³/mol. The minimum atomic E-state index is 0.649. The van der Waals surface area contributed by atoms with Crippen LogP contribution in [0.3, 0.4) is 0 Å². The highest BCUT2D eigenvalue weighted by Crippen LogP contribution is 2.25. The molecule has 0 bridgehead atoms. The van der Waals surface area contributed by atoms with E-state index in [1.807, 2.05) is 11.3 Å². The molecule has 1 saturated carbocycles. The fourth-order valence-electron chi connectivity index (χ4n) is 3.05. The Balaban J connectivity index is 1.48. The molecule has 2 fully saturated rings. The zero-order valence-corrected chi connectivity index (χ0v) is 13.7. The van der Waals surface area contributed by atoms with E-state index >= 15 is 0 Å². The molecule has 0 radical (unpaired) electrons. The third kappa shape index (κ3) is 4.20. The van der Waals surface area contributed by atoms with Gasteiger partial charge in [-0.15, -0.1) is 11.3 Å². The highest BCUT2D eigenvalue weighted by molar-refractivity contribution is 7.09. The number of likely N-dealkylation sites (tertiary alicyclic amines) is 1. The second-order valence-corrected chi connectivity index (χ2v) is 7.40. The van der Waals surface area contributed by atoms with Crippen LogP contribution < -0.4 is 5.73 Å². The molecule has 0 aromatic carbocycles. The quantitative estimate of drug-likeness (QED) is 0.671. The summed E-state index contributed by atoms with van der Waals surface area (Å²) in [5.41, 5.74) is 6.08. The molecule has 1 atom stereocenters. The van der Waals surface area contributed by atoms with Crippen LogP contribution in [0.25, 0.3) is 0 Å². The van der Waals surface area contributed by atoms with Gasteiger partial charge in [0.2, 0.25) is 0 Å². The summed E-state index contributed by atoms with van der Waals surface area (Å²) in [6.07, 6.45) is 5.10. The van der Waals surface area contributed by atoms with E-state index in [2.05, 4.69) is 39.4 Å². The van der Waals surface area contributed by atoms with E-state index in [9.17, 15) is 0 Å². The number of nitrogens with two attached hydrogens (primary N) is 1. The number of aliphatic imine (C=N–C) groups is 1. The van der Waals surface area contributed by atoms with Crippen LogP contribution in [0.2, 0.25) is 0 Å². The van der Waals surface area contributed by atoms with Crippen molar-refractivity contribution < 1.29 is 0 Å². The summed E-state index contributed by atoms with van der Waals surface area (Å²) >= 11 is 1.85. The smallest absolute Gasteiger partial charge is 0.191 e. The van der Waals surface area contributed by atoms with Crippen LogP contribution in [-0.4, -0.2) is 48.5 Å². The van der Waals surface area contributed by atoms with Gasteiger partial charge in [-0.3, -0.25) is 9.89 Å². The first-order valence-corrected chi connectivity index (χ1v) is 8.88. The lowest BCUT2D eigenvalue weighted by Crippen LogP contribution is -2.38. The Bertz CT molecular complexity index is 467. The first-order chi connectivity index (χ1) is 10.2. The molecule has 1 aromatic rings. The van der Waals surface area contributed by atoms with Gasteiger partial charge in [0, 0.05) is 37.6 Å². The summed E-state index contributed by atoms with van der Waals surface area (Å²) < 4.78 is 0. The Morgan fingerprint density at radius 3 is 3.05 bits per heavy atom. The summed E-state index contributed by atoms with van der Waals surface area (Å²) in [5, 5.41) is 2.16. The third-order valence-corrected chi connectivity index (χ3v) is 5.39. The molecule has 1 aliphatic carbocycles. The van der Waals surface area contributed by atoms with Gasteiger partial charge in [0.05, 0.1) is 0 Å². The summed E-state index contributed by atoms with van der Waals surface area (Å²) in [4.78, 5) is 10.8. The van der Waals surface area contributed by atoms with Crippen molar-refractivity contribution in [2.24, 2.45) is 16.6 Å². The lowest BCUT2D eigenvalue weighted by atomic mass is 9.98. The van der Waals surface area contributed by atoms with E-state index in [-0.39, 0.29) is 0 Å². The van der Waals surface area contributed by atoms with Crippen molar-refractivity contribution in [2.75, 3.05) is 26.7 Å². The van der Waals surface area contributed by atoms with Gasteiger partial charge < -0.3 is 10.6 Å². The van der Waals surface area contributed by atoms with Crippen LogP contribution in [-0.2, 0) is 6.54 Å². The van der Waals surface area contributed by atoms with Gasteiger partial charge >= 0.3 is 0 Å². The first kappa shape index (κ1) is 14.9. The lowest BCUT2D eigenvalue weighted by molar-refractivity contribution is 0.172. The monoisotopic (exact) mass is 306 g/mol. The second-order valence-electron chi connectivity index (χ2n) is 6.36. The molecule has 1 aliphatic heterocycles. The van der Waals surface area contributed by atoms with Crippen LogP contribution in [0.1, 0.15) is 30.6 Å². The van der Waals surface area contributed by atoms with Gasteiger partial charge in [-0.1, -0.05) is 6.07 Å². The SMILES string of the molecule is CN(C(N)=NCC1CCCN(Cc2cccs2)C1)C1CC1. The van der Waals surface area contributed by atoms with Crippen LogP contribution in [0, 0.1) is 5.92 Å². The lowest BCUT2D eigenvalue weighted by Gasteiger charge is -2.31. The van der Waals surface area contributed by atoms with Crippen molar-refractivity contribution in [3.8, 4) is 0 Å². The van der Waals surface area contributed by atoms with E-state index in [4.69, 9.17) is 5.73 Å². The topological polar surface area (TPSA) is 44.9 Å². The number of nitrogens with zero attached hydrogens (tertiary/aromatic N) is 3. The molecule has 2 aliphatic rings. The van der Waals surface area contributed by atoms with Crippen LogP contribution in [0.15, 0.2) is 22.5 Å². The maximum absolute atomic E-state index is 6.08. The summed E-state index contributed by atoms with van der Waals surface area (Å²) in [5.74, 6) is 1.39. The maximum atomic E-state index is 6.08. The molecule has 116 valence electrons. The highest BCUT2D eigenvalue weighted by atomic mass is 32.1. The zero-order chi connectivity index (χ0) is 14.7. The largest absolute Gasteiger partial charge is 0.370 e. The van der Waals surface area contributed by atoms with Gasteiger partial charge in [0.1, 0.15) is 0 Å². The number of hydrogen-bond acceptors (Lipinski definition) is 3. The third-order valence-electron chi connectivity index (χ3n) is 4.53. The summed E-state index contributed by atoms with van der Waals surface area (Å²) in [6, 6.07) is 5.02. The van der Waals surface area contributed by atoms with E-state index < -0.39 is 0 Å². The fraction of sp³-hybridized carbons (Fsp3) is 0.688. The van der Waals surface area contributed by atoms with Gasteiger partial charge in [-0.05, 0) is 49.6 Å². The zero-order valence-electron chi connectivity index (χ0n) is 12.9. The van der Waals surface area contributed by atoms with Crippen molar-refractivity contribution in [3.63, 3.8) is 0 Å². The molecule has 2 N–H and O–H groups in total. The molecule has 3 rings (SSSR count). The van der Waals surface area contributed by atoms with Gasteiger partial charge in [-0.25, -0.2) is 0 Å². The molecule has 5 heteroatoms. The average Bonchev–Trinajstić information content (AvgIpc) is 3.23. The molecule has 2 heterocycles. The van der Waals surface area contributed by atoms with Gasteiger partial charge in [0.15, 0.2) is 5.96 Å². The molecular weight excluding hydrogens is 280 g/mol. The first-order valence-electron chi connectivity index (χ1n) is 8.00. The highest BCUT2D eigenvalue weighted by Gasteiger charge is 2.27. The Morgan fingerprint density at radius 2 is 2.33 bits per heavy atom. The van der Waals surface area contributed by atoms with Crippen LogP contribution in [0.5, 0.6) is 0 Å². The number of piperidine rings is 1. The van der Waals surface area contributed by atoms with E-state index in [0.29, 0.717) is 12.0 Å². The second kappa shape index (κ2) is 6.79. The van der Waals surface area contributed by atoms with Crippen LogP contribution >= 0.6 is 11.3 Å². The van der Waals surface area contributed by atoms with Crippen molar-refractivity contribution in [3.05, 3.63) is 22.4 Å². The average molecular weight is 306 g/mol. The Labute approximate surface area is 131 Å². The van der Waals surface area contributed by atoms with E-state index in [1.165, 1.54) is 37.1 Å². The molecule has 1 unspecified atom stereocenters. The Morgan fingerprint density at radius 1 is 1.48 bits per heavy atom. The van der Waals surface area contributed by atoms with Gasteiger partial charge in [0.25, 0.3) is 0 Å². The number of guanidine groups is 1. The molecule has 1 aromatic heterocycles. The Kier molecular flexibility index (Phi) is 4.80. The molecule has 21 heavy (non-hydrogen) atoms. The van der Waals surface area contributed by atoms with Crippen molar-refractivity contribution in [2.45, 2.75) is 38.3 Å². The van der Waals surface area contributed by atoms with E-state index in [1.54, 1.807) is 0 Å². The standard InChI is InChI=1S/C16H26N4S/c1-19(14-6-7-14)16(17)18-10-13-4-2-8-20(11-13)12-15-5-3-9-21-15/h3,5,9,13-14H,2,4,6-8,10-12H2,1H3,(H2,17,18). The summed E-state index contributed by atoms with van der Waals surface area (Å²) in [7, 11) is 2.07. The number of thiophene rings is 1. The molecular formula is C16H26N4S. The fourth-order valence-corrected chi connectivity index (χ4v) is 3.80. The minimum Gasteiger partial charge on any atom is -0.370 e. The molecule has 4 nitrogen and oxygen atoms in total. The normalized spacial score (nSPS) is 24.2. The summed E-state index contributed by atoms with van der Waals surface area (Å²) in [6.45, 7) is 4.34. The number of hydrogen-bond donors (Lipinski definition) is 1. The molecule has 0 spiro atoms. The maximum Gasteiger partial charge on any atom is 0.191 e. The van der Waals surface area contributed by atoms with Crippen molar-refractivity contribution in [1.82, 2.24) is 9.80 Å². The minimum absolute atomic E-state index is 0.649. The van der Waals surface area contributed by atoms with E-state index in [0.717, 1.165) is 25.6 Å². The van der Waals surface area contributed by atoms with Crippen LogP contribution in [0.4, 0.5) is 0 Å². The van der Waals surface area contributed by atoms with Crippen molar-refractivity contribution >= 4 is 17.3 Å². The molecule has 0 amide bonds. The predicted octanol–water partition coefficient (Wildman–Crippen LogP) is 2.37.